The zero-order valence-corrected chi connectivity index (χ0v) is 15.7. The summed E-state index contributed by atoms with van der Waals surface area (Å²) in [6.07, 6.45) is 1.96. The molecule has 0 saturated heterocycles. The van der Waals surface area contributed by atoms with Gasteiger partial charge in [-0.25, -0.2) is 0 Å². The Morgan fingerprint density at radius 3 is 2.79 bits per heavy atom. The summed E-state index contributed by atoms with van der Waals surface area (Å²) in [5.74, 6) is 2.51. The lowest BCUT2D eigenvalue weighted by Gasteiger charge is -2.10. The Morgan fingerprint density at radius 1 is 1.18 bits per heavy atom. The molecule has 1 fully saturated rings. The third-order valence-electron chi connectivity index (χ3n) is 4.49. The van der Waals surface area contributed by atoms with Gasteiger partial charge in [-0.1, -0.05) is 0 Å². The lowest BCUT2D eigenvalue weighted by molar-refractivity contribution is -0.122. The summed E-state index contributed by atoms with van der Waals surface area (Å²) < 4.78 is 18.0. The molecule has 1 aliphatic rings. The van der Waals surface area contributed by atoms with E-state index < -0.39 is 0 Å². The van der Waals surface area contributed by atoms with Gasteiger partial charge in [0.15, 0.2) is 11.5 Å². The first kappa shape index (κ1) is 18.0. The average Bonchev–Trinajstić information content (AvgIpc) is 3.50. The maximum Gasteiger partial charge on any atom is 0.231 e. The first-order chi connectivity index (χ1) is 13.7. The molecule has 9 heteroatoms. The fraction of sp³-hybridized carbons (Fsp3) is 0.368. The number of carbonyl (C=O) groups excluding carboxylic acids is 1. The van der Waals surface area contributed by atoms with Gasteiger partial charge in [0.2, 0.25) is 11.8 Å². The average molecular weight is 383 g/mol. The van der Waals surface area contributed by atoms with Gasteiger partial charge in [0.1, 0.15) is 18.1 Å². The fourth-order valence-corrected chi connectivity index (χ4v) is 2.83. The molecule has 1 aliphatic carbocycles. The van der Waals surface area contributed by atoms with Crippen molar-refractivity contribution >= 4 is 11.6 Å². The lowest BCUT2D eigenvalue weighted by Crippen LogP contribution is -2.29. The van der Waals surface area contributed by atoms with Gasteiger partial charge < -0.3 is 19.5 Å². The molecule has 4 rings (SSSR count). The van der Waals surface area contributed by atoms with Crippen LogP contribution in [-0.4, -0.2) is 53.1 Å². The van der Waals surface area contributed by atoms with Gasteiger partial charge in [0.25, 0.3) is 0 Å². The van der Waals surface area contributed by atoms with E-state index in [9.17, 15) is 4.79 Å². The molecule has 1 amide bonds. The van der Waals surface area contributed by atoms with Crippen LogP contribution in [0.2, 0.25) is 0 Å². The van der Waals surface area contributed by atoms with Crippen molar-refractivity contribution in [3.63, 3.8) is 0 Å². The van der Waals surface area contributed by atoms with Crippen LogP contribution in [0.1, 0.15) is 12.8 Å². The van der Waals surface area contributed by atoms with E-state index in [4.69, 9.17) is 14.2 Å². The molecule has 0 bridgehead atoms. The second-order valence-electron chi connectivity index (χ2n) is 6.45. The van der Waals surface area contributed by atoms with Gasteiger partial charge in [-0.15, -0.1) is 15.3 Å². The largest absolute Gasteiger partial charge is 0.497 e. The number of benzene rings is 1. The highest BCUT2D eigenvalue weighted by atomic mass is 16.5. The fourth-order valence-electron chi connectivity index (χ4n) is 2.83. The minimum Gasteiger partial charge on any atom is -0.497 e. The van der Waals surface area contributed by atoms with Gasteiger partial charge in [-0.3, -0.25) is 4.79 Å². The molecule has 28 heavy (non-hydrogen) atoms. The topological polar surface area (TPSA) is 99.9 Å². The third-order valence-corrected chi connectivity index (χ3v) is 4.49. The summed E-state index contributed by atoms with van der Waals surface area (Å²) in [7, 11) is 3.19. The Labute approximate surface area is 161 Å². The number of rotatable bonds is 8. The number of amides is 1. The molecule has 146 valence electrons. The Kier molecular flexibility index (Phi) is 4.96. The standard InChI is InChI=1S/C19H21N5O4/c1-26-13-5-6-15(27-2)14(11-13)18-22-21-16-7-8-17(23-24(16)18)28-10-9-20-19(25)12-3-4-12/h5-8,11-12H,3-4,9-10H2,1-2H3,(H,20,25). The first-order valence-electron chi connectivity index (χ1n) is 9.05. The first-order valence-corrected chi connectivity index (χ1v) is 9.05. The van der Waals surface area contributed by atoms with E-state index in [0.717, 1.165) is 12.8 Å². The molecule has 0 atom stereocenters. The highest BCUT2D eigenvalue weighted by Crippen LogP contribution is 2.32. The second kappa shape index (κ2) is 7.71. The van der Waals surface area contributed by atoms with E-state index in [1.54, 1.807) is 36.9 Å². The van der Waals surface area contributed by atoms with Crippen LogP contribution < -0.4 is 19.5 Å². The number of fused-ring (bicyclic) bond motifs is 1. The molecule has 3 aromatic rings. The maximum atomic E-state index is 11.6. The Hall–Kier alpha value is -3.36. The summed E-state index contributed by atoms with van der Waals surface area (Å²) in [5.41, 5.74) is 1.28. The van der Waals surface area contributed by atoms with Crippen LogP contribution >= 0.6 is 0 Å². The van der Waals surface area contributed by atoms with Crippen LogP contribution in [0, 0.1) is 5.92 Å². The highest BCUT2D eigenvalue weighted by molar-refractivity contribution is 5.80. The molecule has 1 aromatic carbocycles. The van der Waals surface area contributed by atoms with Crippen molar-refractivity contribution in [2.75, 3.05) is 27.4 Å². The van der Waals surface area contributed by atoms with Gasteiger partial charge in [-0.05, 0) is 37.1 Å². The van der Waals surface area contributed by atoms with Crippen molar-refractivity contribution in [2.24, 2.45) is 5.92 Å². The maximum absolute atomic E-state index is 11.6. The van der Waals surface area contributed by atoms with Crippen LogP contribution in [0.25, 0.3) is 17.0 Å². The quantitative estimate of drug-likeness (QED) is 0.591. The van der Waals surface area contributed by atoms with E-state index in [2.05, 4.69) is 20.6 Å². The van der Waals surface area contributed by atoms with E-state index in [0.29, 0.717) is 47.6 Å². The number of carbonyl (C=O) groups is 1. The smallest absolute Gasteiger partial charge is 0.231 e. The van der Waals surface area contributed by atoms with Crippen molar-refractivity contribution < 1.29 is 19.0 Å². The normalized spacial score (nSPS) is 13.4. The predicted molar refractivity (Wildman–Crippen MR) is 101 cm³/mol. The molecule has 1 saturated carbocycles. The molecule has 0 spiro atoms. The van der Waals surface area contributed by atoms with Crippen LogP contribution in [-0.2, 0) is 4.79 Å². The zero-order chi connectivity index (χ0) is 19.5. The van der Waals surface area contributed by atoms with Crippen molar-refractivity contribution in [1.29, 1.82) is 0 Å². The SMILES string of the molecule is COc1ccc(OC)c(-c2nnc3ccc(OCCNC(=O)C4CC4)nn23)c1. The van der Waals surface area contributed by atoms with Crippen LogP contribution in [0.3, 0.4) is 0 Å². The minimum absolute atomic E-state index is 0.0956. The molecule has 0 unspecified atom stereocenters. The summed E-state index contributed by atoms with van der Waals surface area (Å²) in [4.78, 5) is 11.6. The monoisotopic (exact) mass is 383 g/mol. The Bertz CT molecular complexity index is 999. The number of aromatic nitrogens is 4. The molecule has 9 nitrogen and oxygen atoms in total. The molecular weight excluding hydrogens is 362 g/mol. The minimum atomic E-state index is 0.0956. The zero-order valence-electron chi connectivity index (χ0n) is 15.7. The third kappa shape index (κ3) is 3.68. The van der Waals surface area contributed by atoms with E-state index in [1.807, 2.05) is 12.1 Å². The van der Waals surface area contributed by atoms with Crippen LogP contribution in [0.4, 0.5) is 0 Å². The molecule has 2 heterocycles. The van der Waals surface area contributed by atoms with Gasteiger partial charge in [-0.2, -0.15) is 4.52 Å². The van der Waals surface area contributed by atoms with E-state index in [1.165, 1.54) is 0 Å². The van der Waals surface area contributed by atoms with Crippen LogP contribution in [0.15, 0.2) is 30.3 Å². The van der Waals surface area contributed by atoms with Crippen molar-refractivity contribution in [2.45, 2.75) is 12.8 Å². The number of hydrogen-bond acceptors (Lipinski definition) is 7. The van der Waals surface area contributed by atoms with Crippen molar-refractivity contribution in [3.8, 4) is 28.8 Å². The number of nitrogens with one attached hydrogen (secondary N) is 1. The molecule has 1 N–H and O–H groups in total. The van der Waals surface area contributed by atoms with Crippen molar-refractivity contribution in [3.05, 3.63) is 30.3 Å². The van der Waals surface area contributed by atoms with Gasteiger partial charge in [0.05, 0.1) is 26.3 Å². The summed E-state index contributed by atoms with van der Waals surface area (Å²) >= 11 is 0. The molecule has 2 aromatic heterocycles. The van der Waals surface area contributed by atoms with Crippen LogP contribution in [0.5, 0.6) is 17.4 Å². The van der Waals surface area contributed by atoms with Gasteiger partial charge in [0, 0.05) is 12.0 Å². The predicted octanol–water partition coefficient (Wildman–Crippen LogP) is 1.71. The number of methoxy groups -OCH3 is 2. The second-order valence-corrected chi connectivity index (χ2v) is 6.45. The lowest BCUT2D eigenvalue weighted by atomic mass is 10.2. The molecular formula is C19H21N5O4. The highest BCUT2D eigenvalue weighted by Gasteiger charge is 2.29. The summed E-state index contributed by atoms with van der Waals surface area (Å²) in [5, 5.41) is 15.7. The van der Waals surface area contributed by atoms with E-state index >= 15 is 0 Å². The molecule has 0 aliphatic heterocycles. The van der Waals surface area contributed by atoms with Gasteiger partial charge >= 0.3 is 0 Å². The van der Waals surface area contributed by atoms with Crippen molar-refractivity contribution in [1.82, 2.24) is 25.1 Å². The number of hydrogen-bond donors (Lipinski definition) is 1. The van der Waals surface area contributed by atoms with E-state index in [-0.39, 0.29) is 11.8 Å². The summed E-state index contributed by atoms with van der Waals surface area (Å²) in [6, 6.07) is 8.92. The Morgan fingerprint density at radius 2 is 2.04 bits per heavy atom. The Balaban J connectivity index is 1.54. The number of ether oxygens (including phenoxy) is 3. The molecule has 0 radical (unpaired) electrons. The summed E-state index contributed by atoms with van der Waals surface area (Å²) in [6.45, 7) is 0.769. The number of nitrogens with zero attached hydrogens (tertiary/aromatic N) is 4.